The lowest BCUT2D eigenvalue weighted by Gasteiger charge is -2.16. The molecule has 5 nitrogen and oxygen atoms in total. The van der Waals surface area contributed by atoms with E-state index in [1.165, 1.54) is 12.2 Å². The fraction of sp³-hybridized carbons (Fsp3) is 0.250. The van der Waals surface area contributed by atoms with Gasteiger partial charge in [-0.15, -0.1) is 0 Å². The summed E-state index contributed by atoms with van der Waals surface area (Å²) in [5.74, 6) is 0. The summed E-state index contributed by atoms with van der Waals surface area (Å²) in [6.45, 7) is 7.00. The zero-order valence-corrected chi connectivity index (χ0v) is 9.83. The van der Waals surface area contributed by atoms with E-state index in [2.05, 4.69) is 29.1 Å². The third-order valence-corrected chi connectivity index (χ3v) is 1.77. The van der Waals surface area contributed by atoms with Crippen LogP contribution < -0.4 is 27.4 Å². The van der Waals surface area contributed by atoms with Crippen LogP contribution in [0.3, 0.4) is 0 Å². The van der Waals surface area contributed by atoms with Gasteiger partial charge >= 0.3 is 0 Å². The number of hydrogen-bond acceptors (Lipinski definition) is 4. The van der Waals surface area contributed by atoms with Crippen LogP contribution in [-0.2, 0) is 0 Å². The summed E-state index contributed by atoms with van der Waals surface area (Å²) >= 11 is 9.84. The Bertz CT molecular complexity index is 240. The van der Waals surface area contributed by atoms with Crippen molar-refractivity contribution in [1.82, 2.24) is 16.0 Å². The third-order valence-electron chi connectivity index (χ3n) is 1.33. The Hall–Kier alpha value is -1.02. The first-order valence-electron chi connectivity index (χ1n) is 4.14. The number of hydrogen-bond donors (Lipinski definition) is 5. The molecule has 0 aliphatic carbocycles. The maximum Gasteiger partial charge on any atom is 0.174 e. The molecule has 2 unspecified atom stereocenters. The van der Waals surface area contributed by atoms with Gasteiger partial charge in [0.2, 0.25) is 0 Å². The lowest BCUT2D eigenvalue weighted by Crippen LogP contribution is -2.52. The van der Waals surface area contributed by atoms with Crippen LogP contribution in [-0.4, -0.2) is 22.6 Å². The maximum atomic E-state index is 5.52. The van der Waals surface area contributed by atoms with Crippen molar-refractivity contribution in [2.24, 2.45) is 11.5 Å². The Morgan fingerprint density at radius 2 is 1.33 bits per heavy atom. The van der Waals surface area contributed by atoms with Gasteiger partial charge in [-0.3, -0.25) is 0 Å². The molecule has 0 bridgehead atoms. The summed E-state index contributed by atoms with van der Waals surface area (Å²) < 4.78 is 0. The van der Waals surface area contributed by atoms with Crippen molar-refractivity contribution < 1.29 is 0 Å². The second kappa shape index (κ2) is 7.30. The SMILES string of the molecule is C=CC(N)NC(=S)NC(=S)NC(N)C=C. The molecule has 0 aromatic rings. The first kappa shape index (κ1) is 14.0. The monoisotopic (exact) mass is 245 g/mol. The minimum Gasteiger partial charge on any atom is -0.344 e. The van der Waals surface area contributed by atoms with Gasteiger partial charge in [0.1, 0.15) is 0 Å². The third kappa shape index (κ3) is 6.97. The highest BCUT2D eigenvalue weighted by atomic mass is 32.1. The molecular weight excluding hydrogens is 230 g/mol. The first-order valence-corrected chi connectivity index (χ1v) is 4.95. The van der Waals surface area contributed by atoms with Gasteiger partial charge in [-0.2, -0.15) is 0 Å². The fourth-order valence-corrected chi connectivity index (χ4v) is 1.14. The van der Waals surface area contributed by atoms with Crippen molar-refractivity contribution in [2.45, 2.75) is 12.3 Å². The summed E-state index contributed by atoms with van der Waals surface area (Å²) in [6, 6.07) is 0. The maximum absolute atomic E-state index is 5.52. The number of nitrogens with two attached hydrogens (primary N) is 2. The highest BCUT2D eigenvalue weighted by molar-refractivity contribution is 7.81. The van der Waals surface area contributed by atoms with Crippen molar-refractivity contribution in [1.29, 1.82) is 0 Å². The molecule has 0 saturated heterocycles. The molecule has 0 amide bonds. The molecule has 7 heteroatoms. The topological polar surface area (TPSA) is 88.1 Å². The molecule has 0 fully saturated rings. The Balaban J connectivity index is 3.91. The first-order chi connectivity index (χ1) is 6.99. The van der Waals surface area contributed by atoms with Crippen LogP contribution in [0.4, 0.5) is 0 Å². The molecule has 0 aliphatic rings. The molecule has 7 N–H and O–H groups in total. The molecule has 0 aromatic heterocycles. The van der Waals surface area contributed by atoms with Gasteiger partial charge in [-0.1, -0.05) is 25.3 Å². The van der Waals surface area contributed by atoms with E-state index < -0.39 is 12.3 Å². The smallest absolute Gasteiger partial charge is 0.174 e. The van der Waals surface area contributed by atoms with Crippen molar-refractivity contribution in [3.05, 3.63) is 25.3 Å². The van der Waals surface area contributed by atoms with Crippen LogP contribution in [0.15, 0.2) is 25.3 Å². The zero-order valence-electron chi connectivity index (χ0n) is 8.19. The molecule has 0 aromatic carbocycles. The van der Waals surface area contributed by atoms with Gasteiger partial charge in [-0.05, 0) is 24.4 Å². The molecule has 0 saturated carbocycles. The predicted molar refractivity (Wildman–Crippen MR) is 70.9 cm³/mol. The minimum atomic E-state index is -0.416. The van der Waals surface area contributed by atoms with Crippen molar-refractivity contribution in [3.63, 3.8) is 0 Å². The van der Waals surface area contributed by atoms with Crippen LogP contribution in [0.1, 0.15) is 0 Å². The quantitative estimate of drug-likeness (QED) is 0.253. The van der Waals surface area contributed by atoms with Crippen LogP contribution in [0, 0.1) is 0 Å². The lowest BCUT2D eigenvalue weighted by molar-refractivity contribution is 0.748. The second-order valence-electron chi connectivity index (χ2n) is 2.59. The average Bonchev–Trinajstić information content (AvgIpc) is 2.16. The number of rotatable bonds is 4. The van der Waals surface area contributed by atoms with E-state index in [1.807, 2.05) is 0 Å². The molecule has 84 valence electrons. The average molecular weight is 245 g/mol. The summed E-state index contributed by atoms with van der Waals surface area (Å²) in [4.78, 5) is 0. The van der Waals surface area contributed by atoms with Crippen LogP contribution in [0.25, 0.3) is 0 Å². The standard InChI is InChI=1S/C8H15N5S2/c1-3-5(9)11-7(14)13-8(15)12-6(10)4-2/h3-6H,1-2,9-10H2,(H3,11,12,13,14,15). The second-order valence-corrected chi connectivity index (χ2v) is 3.41. The summed E-state index contributed by atoms with van der Waals surface area (Å²) in [6.07, 6.45) is 2.20. The van der Waals surface area contributed by atoms with Gasteiger partial charge in [0, 0.05) is 0 Å². The molecule has 0 rings (SSSR count). The van der Waals surface area contributed by atoms with Gasteiger partial charge in [0.05, 0.1) is 12.3 Å². The van der Waals surface area contributed by atoms with E-state index in [1.54, 1.807) is 0 Å². The van der Waals surface area contributed by atoms with E-state index in [-0.39, 0.29) is 0 Å². The Morgan fingerprint density at radius 3 is 1.60 bits per heavy atom. The number of thiocarbonyl (C=S) groups is 2. The number of nitrogens with one attached hydrogen (secondary N) is 3. The van der Waals surface area contributed by atoms with Gasteiger partial charge < -0.3 is 27.4 Å². The van der Waals surface area contributed by atoms with Crippen molar-refractivity contribution in [3.8, 4) is 0 Å². The molecule has 0 heterocycles. The molecule has 0 radical (unpaired) electrons. The molecular formula is C8H15N5S2. The van der Waals surface area contributed by atoms with E-state index in [0.29, 0.717) is 10.2 Å². The Labute approximate surface area is 100.0 Å². The molecule has 0 aliphatic heterocycles. The Morgan fingerprint density at radius 1 is 1.00 bits per heavy atom. The lowest BCUT2D eigenvalue weighted by atomic mass is 10.5. The van der Waals surface area contributed by atoms with E-state index in [9.17, 15) is 0 Å². The van der Waals surface area contributed by atoms with Crippen LogP contribution >= 0.6 is 24.4 Å². The van der Waals surface area contributed by atoms with Crippen molar-refractivity contribution in [2.75, 3.05) is 0 Å². The van der Waals surface area contributed by atoms with Gasteiger partial charge in [-0.25, -0.2) is 0 Å². The highest BCUT2D eigenvalue weighted by Gasteiger charge is 2.03. The minimum absolute atomic E-state index is 0.302. The van der Waals surface area contributed by atoms with E-state index >= 15 is 0 Å². The largest absolute Gasteiger partial charge is 0.344 e. The van der Waals surface area contributed by atoms with Gasteiger partial charge in [0.25, 0.3) is 0 Å². The van der Waals surface area contributed by atoms with Crippen molar-refractivity contribution >= 4 is 34.7 Å². The molecule has 0 spiro atoms. The zero-order chi connectivity index (χ0) is 11.8. The molecule has 15 heavy (non-hydrogen) atoms. The van der Waals surface area contributed by atoms with E-state index in [4.69, 9.17) is 35.9 Å². The molecule has 2 atom stereocenters. The summed E-state index contributed by atoms with van der Waals surface area (Å²) in [7, 11) is 0. The predicted octanol–water partition coefficient (Wildman–Crippen LogP) is -0.733. The Kier molecular flexibility index (Phi) is 6.80. The van der Waals surface area contributed by atoms with Crippen LogP contribution in [0.2, 0.25) is 0 Å². The normalized spacial score (nSPS) is 13.2. The fourth-order valence-electron chi connectivity index (χ4n) is 0.596. The van der Waals surface area contributed by atoms with E-state index in [0.717, 1.165) is 0 Å². The van der Waals surface area contributed by atoms with Gasteiger partial charge in [0.15, 0.2) is 10.2 Å². The highest BCUT2D eigenvalue weighted by Crippen LogP contribution is 1.77. The summed E-state index contributed by atoms with van der Waals surface area (Å²) in [5.41, 5.74) is 11.0. The van der Waals surface area contributed by atoms with Crippen LogP contribution in [0.5, 0.6) is 0 Å². The summed E-state index contributed by atoms with van der Waals surface area (Å²) in [5, 5.41) is 8.77.